The molecule has 0 spiro atoms. The second-order valence-corrected chi connectivity index (χ2v) is 5.51. The number of nitrogens with one attached hydrogen (secondary N) is 1. The standard InChI is InChI=1S/C18H23NO/c1-4-7-15(14(12-20)10-13(2)3)17-11-19-18-9-6-5-8-16(17)18/h4-6,8-11,14-15,19-20H,1,7,12H2,2-3H3/t14-,15+/m0/s1. The second-order valence-electron chi connectivity index (χ2n) is 5.51. The first-order valence-electron chi connectivity index (χ1n) is 7.10. The molecule has 2 aromatic rings. The molecule has 0 saturated carbocycles. The van der Waals surface area contributed by atoms with Crippen LogP contribution in [0.25, 0.3) is 10.9 Å². The monoisotopic (exact) mass is 269 g/mol. The number of allylic oxidation sites excluding steroid dienone is 2. The Morgan fingerprint density at radius 1 is 1.35 bits per heavy atom. The molecule has 0 unspecified atom stereocenters. The lowest BCUT2D eigenvalue weighted by molar-refractivity contribution is 0.233. The van der Waals surface area contributed by atoms with Gasteiger partial charge < -0.3 is 10.1 Å². The molecule has 1 aromatic heterocycles. The highest BCUT2D eigenvalue weighted by Crippen LogP contribution is 2.34. The molecular formula is C18H23NO. The molecule has 1 aromatic carbocycles. The summed E-state index contributed by atoms with van der Waals surface area (Å²) in [5, 5.41) is 11.0. The molecule has 2 atom stereocenters. The third-order valence-corrected chi connectivity index (χ3v) is 3.72. The Bertz CT molecular complexity index is 605. The van der Waals surface area contributed by atoms with E-state index in [1.54, 1.807) is 0 Å². The number of aliphatic hydroxyl groups excluding tert-OH is 1. The van der Waals surface area contributed by atoms with E-state index in [2.05, 4.69) is 55.9 Å². The average molecular weight is 269 g/mol. The Morgan fingerprint density at radius 3 is 2.75 bits per heavy atom. The Hall–Kier alpha value is -1.80. The van der Waals surface area contributed by atoms with E-state index < -0.39 is 0 Å². The second kappa shape index (κ2) is 6.58. The molecule has 2 rings (SSSR count). The molecule has 0 aliphatic rings. The SMILES string of the molecule is C=CC[C@@H](c1c[nH]c2ccccc12)[C@@H](C=C(C)C)CO. The molecular weight excluding hydrogens is 246 g/mol. The van der Waals surface area contributed by atoms with Crippen molar-refractivity contribution in [1.82, 2.24) is 4.98 Å². The van der Waals surface area contributed by atoms with Gasteiger partial charge in [-0.2, -0.15) is 0 Å². The molecule has 1 heterocycles. The number of aromatic nitrogens is 1. The van der Waals surface area contributed by atoms with Crippen molar-refractivity contribution < 1.29 is 5.11 Å². The van der Waals surface area contributed by atoms with Crippen molar-refractivity contribution in [1.29, 1.82) is 0 Å². The smallest absolute Gasteiger partial charge is 0.0499 e. The number of fused-ring (bicyclic) bond motifs is 1. The van der Waals surface area contributed by atoms with E-state index in [9.17, 15) is 5.11 Å². The number of rotatable bonds is 6. The summed E-state index contributed by atoms with van der Waals surface area (Å²) in [7, 11) is 0. The lowest BCUT2D eigenvalue weighted by atomic mass is 9.83. The third-order valence-electron chi connectivity index (χ3n) is 3.72. The van der Waals surface area contributed by atoms with Gasteiger partial charge in [0.15, 0.2) is 0 Å². The lowest BCUT2D eigenvalue weighted by Gasteiger charge is -2.22. The summed E-state index contributed by atoms with van der Waals surface area (Å²) < 4.78 is 0. The topological polar surface area (TPSA) is 36.0 Å². The molecule has 0 amide bonds. The van der Waals surface area contributed by atoms with Crippen molar-refractivity contribution in [2.75, 3.05) is 6.61 Å². The van der Waals surface area contributed by atoms with E-state index in [0.717, 1.165) is 11.9 Å². The molecule has 0 fully saturated rings. The van der Waals surface area contributed by atoms with Gasteiger partial charge in [0, 0.05) is 29.6 Å². The molecule has 0 aliphatic carbocycles. The zero-order valence-electron chi connectivity index (χ0n) is 12.3. The first-order chi connectivity index (χ1) is 9.67. The number of para-hydroxylation sites is 1. The summed E-state index contributed by atoms with van der Waals surface area (Å²) in [5.74, 6) is 0.376. The molecule has 0 saturated heterocycles. The highest BCUT2D eigenvalue weighted by atomic mass is 16.3. The predicted octanol–water partition coefficient (Wildman–Crippen LogP) is 4.40. The van der Waals surface area contributed by atoms with E-state index in [1.165, 1.54) is 16.5 Å². The third kappa shape index (κ3) is 3.02. The fourth-order valence-corrected chi connectivity index (χ4v) is 2.84. The van der Waals surface area contributed by atoms with Gasteiger partial charge in [0.05, 0.1) is 0 Å². The summed E-state index contributed by atoms with van der Waals surface area (Å²) >= 11 is 0. The van der Waals surface area contributed by atoms with Crippen LogP contribution in [0.5, 0.6) is 0 Å². The first kappa shape index (κ1) is 14.6. The summed E-state index contributed by atoms with van der Waals surface area (Å²) in [4.78, 5) is 3.32. The van der Waals surface area contributed by atoms with Crippen LogP contribution in [-0.4, -0.2) is 16.7 Å². The Kier molecular flexibility index (Phi) is 4.80. The Morgan fingerprint density at radius 2 is 2.10 bits per heavy atom. The maximum Gasteiger partial charge on any atom is 0.0499 e. The Labute approximate surface area is 120 Å². The molecule has 2 N–H and O–H groups in total. The van der Waals surface area contributed by atoms with Crippen molar-refractivity contribution in [2.24, 2.45) is 5.92 Å². The fourth-order valence-electron chi connectivity index (χ4n) is 2.84. The van der Waals surface area contributed by atoms with Gasteiger partial charge in [-0.15, -0.1) is 6.58 Å². The molecule has 0 aliphatic heterocycles. The van der Waals surface area contributed by atoms with Crippen molar-refractivity contribution in [3.63, 3.8) is 0 Å². The molecule has 2 nitrogen and oxygen atoms in total. The molecule has 0 radical (unpaired) electrons. The van der Waals surface area contributed by atoms with E-state index >= 15 is 0 Å². The Balaban J connectivity index is 2.46. The number of aromatic amines is 1. The van der Waals surface area contributed by atoms with Crippen LogP contribution in [0.15, 0.2) is 54.8 Å². The minimum Gasteiger partial charge on any atom is -0.396 e. The number of H-pyrrole nitrogens is 1. The van der Waals surface area contributed by atoms with Gasteiger partial charge in [-0.1, -0.05) is 35.9 Å². The fraction of sp³-hybridized carbons (Fsp3) is 0.333. The highest BCUT2D eigenvalue weighted by Gasteiger charge is 2.22. The van der Waals surface area contributed by atoms with Crippen molar-refractivity contribution in [3.05, 3.63) is 60.3 Å². The summed E-state index contributed by atoms with van der Waals surface area (Å²) in [5.41, 5.74) is 3.64. The minimum absolute atomic E-state index is 0.122. The van der Waals surface area contributed by atoms with Gasteiger partial charge in [0.2, 0.25) is 0 Å². The number of benzene rings is 1. The molecule has 106 valence electrons. The van der Waals surface area contributed by atoms with Gasteiger partial charge in [-0.05, 0) is 37.8 Å². The van der Waals surface area contributed by atoms with Gasteiger partial charge in [-0.25, -0.2) is 0 Å². The molecule has 20 heavy (non-hydrogen) atoms. The zero-order valence-corrected chi connectivity index (χ0v) is 12.3. The first-order valence-corrected chi connectivity index (χ1v) is 7.10. The van der Waals surface area contributed by atoms with Gasteiger partial charge >= 0.3 is 0 Å². The number of hydrogen-bond acceptors (Lipinski definition) is 1. The van der Waals surface area contributed by atoms with Crippen molar-refractivity contribution in [2.45, 2.75) is 26.2 Å². The normalized spacial score (nSPS) is 13.9. The molecule has 0 bridgehead atoms. The van der Waals surface area contributed by atoms with Crippen LogP contribution < -0.4 is 0 Å². The van der Waals surface area contributed by atoms with Gasteiger partial charge in [-0.3, -0.25) is 0 Å². The minimum atomic E-state index is 0.122. The summed E-state index contributed by atoms with van der Waals surface area (Å²) in [6.45, 7) is 8.17. The highest BCUT2D eigenvalue weighted by molar-refractivity contribution is 5.83. The maximum atomic E-state index is 9.75. The van der Waals surface area contributed by atoms with E-state index in [1.807, 2.05) is 12.1 Å². The lowest BCUT2D eigenvalue weighted by Crippen LogP contribution is -2.14. The quantitative estimate of drug-likeness (QED) is 0.749. The number of hydrogen-bond donors (Lipinski definition) is 2. The van der Waals surface area contributed by atoms with Crippen LogP contribution in [0, 0.1) is 5.92 Å². The van der Waals surface area contributed by atoms with Gasteiger partial charge in [0.1, 0.15) is 0 Å². The van der Waals surface area contributed by atoms with Gasteiger partial charge in [0.25, 0.3) is 0 Å². The summed E-state index contributed by atoms with van der Waals surface area (Å²) in [6, 6.07) is 8.30. The van der Waals surface area contributed by atoms with Crippen LogP contribution in [0.4, 0.5) is 0 Å². The van der Waals surface area contributed by atoms with E-state index in [0.29, 0.717) is 0 Å². The average Bonchev–Trinajstić information content (AvgIpc) is 2.86. The van der Waals surface area contributed by atoms with Crippen LogP contribution in [0.3, 0.4) is 0 Å². The zero-order chi connectivity index (χ0) is 14.5. The van der Waals surface area contributed by atoms with E-state index in [-0.39, 0.29) is 18.4 Å². The maximum absolute atomic E-state index is 9.75. The van der Waals surface area contributed by atoms with Crippen LogP contribution in [-0.2, 0) is 0 Å². The van der Waals surface area contributed by atoms with Crippen LogP contribution in [0.2, 0.25) is 0 Å². The van der Waals surface area contributed by atoms with Crippen molar-refractivity contribution in [3.8, 4) is 0 Å². The molecule has 2 heteroatoms. The van der Waals surface area contributed by atoms with Crippen LogP contribution in [0.1, 0.15) is 31.7 Å². The predicted molar refractivity (Wildman–Crippen MR) is 85.9 cm³/mol. The van der Waals surface area contributed by atoms with Crippen LogP contribution >= 0.6 is 0 Å². The van der Waals surface area contributed by atoms with Crippen molar-refractivity contribution >= 4 is 10.9 Å². The summed E-state index contributed by atoms with van der Waals surface area (Å²) in [6.07, 6.45) is 7.03. The number of aliphatic hydroxyl groups is 1. The van der Waals surface area contributed by atoms with E-state index in [4.69, 9.17) is 0 Å². The largest absolute Gasteiger partial charge is 0.396 e.